The minimum atomic E-state index is 0.235. The molecule has 1 heterocycles. The van der Waals surface area contributed by atoms with Gasteiger partial charge in [0.1, 0.15) is 11.9 Å². The standard InChI is InChI=1S/C10H14N2O/c1-7-6-12(2)9-4-3-8(11)5-10(9)13-7/h3-5,7H,6,11H2,1-2H3. The van der Waals surface area contributed by atoms with Crippen LogP contribution in [0.1, 0.15) is 6.92 Å². The van der Waals surface area contributed by atoms with Crippen LogP contribution in [0, 0.1) is 0 Å². The molecular weight excluding hydrogens is 164 g/mol. The zero-order valence-electron chi connectivity index (χ0n) is 7.95. The van der Waals surface area contributed by atoms with Gasteiger partial charge < -0.3 is 15.4 Å². The maximum absolute atomic E-state index is 5.67. The van der Waals surface area contributed by atoms with Crippen LogP contribution < -0.4 is 15.4 Å². The topological polar surface area (TPSA) is 38.5 Å². The van der Waals surface area contributed by atoms with E-state index < -0.39 is 0 Å². The Hall–Kier alpha value is -1.38. The van der Waals surface area contributed by atoms with Crippen molar-refractivity contribution in [3.05, 3.63) is 18.2 Å². The van der Waals surface area contributed by atoms with Gasteiger partial charge in [-0.15, -0.1) is 0 Å². The quantitative estimate of drug-likeness (QED) is 0.612. The maximum Gasteiger partial charge on any atom is 0.145 e. The average molecular weight is 178 g/mol. The van der Waals surface area contributed by atoms with Crippen LogP contribution in [0.15, 0.2) is 18.2 Å². The second-order valence-electron chi connectivity index (χ2n) is 3.54. The largest absolute Gasteiger partial charge is 0.487 e. The third kappa shape index (κ3) is 1.41. The molecule has 1 aromatic carbocycles. The van der Waals surface area contributed by atoms with E-state index in [9.17, 15) is 0 Å². The van der Waals surface area contributed by atoms with Crippen molar-refractivity contribution in [2.24, 2.45) is 0 Å². The number of likely N-dealkylation sites (N-methyl/N-ethyl adjacent to an activating group) is 1. The molecule has 0 saturated heterocycles. The van der Waals surface area contributed by atoms with Crippen molar-refractivity contribution in [1.29, 1.82) is 0 Å². The highest BCUT2D eigenvalue weighted by molar-refractivity contribution is 5.64. The van der Waals surface area contributed by atoms with E-state index in [-0.39, 0.29) is 6.10 Å². The molecule has 0 aliphatic carbocycles. The van der Waals surface area contributed by atoms with Crippen molar-refractivity contribution in [2.75, 3.05) is 24.2 Å². The van der Waals surface area contributed by atoms with Crippen LogP contribution in [-0.2, 0) is 0 Å². The lowest BCUT2D eigenvalue weighted by atomic mass is 10.2. The highest BCUT2D eigenvalue weighted by atomic mass is 16.5. The zero-order chi connectivity index (χ0) is 9.42. The second-order valence-corrected chi connectivity index (χ2v) is 3.54. The summed E-state index contributed by atoms with van der Waals surface area (Å²) >= 11 is 0. The normalized spacial score (nSPS) is 20.8. The lowest BCUT2D eigenvalue weighted by Gasteiger charge is -2.32. The number of nitrogens with two attached hydrogens (primary N) is 1. The smallest absolute Gasteiger partial charge is 0.145 e. The summed E-state index contributed by atoms with van der Waals surface area (Å²) in [4.78, 5) is 2.18. The first-order chi connectivity index (χ1) is 6.16. The number of hydrogen-bond acceptors (Lipinski definition) is 3. The average Bonchev–Trinajstić information content (AvgIpc) is 2.02. The number of hydrogen-bond donors (Lipinski definition) is 1. The summed E-state index contributed by atoms with van der Waals surface area (Å²) in [5.41, 5.74) is 7.54. The van der Waals surface area contributed by atoms with Crippen molar-refractivity contribution in [3.63, 3.8) is 0 Å². The molecule has 1 aliphatic rings. The van der Waals surface area contributed by atoms with Gasteiger partial charge in [0.15, 0.2) is 0 Å². The van der Waals surface area contributed by atoms with Crippen molar-refractivity contribution in [2.45, 2.75) is 13.0 Å². The molecule has 0 amide bonds. The van der Waals surface area contributed by atoms with E-state index in [0.717, 1.165) is 23.7 Å². The van der Waals surface area contributed by atoms with Gasteiger partial charge in [-0.05, 0) is 19.1 Å². The summed E-state index contributed by atoms with van der Waals surface area (Å²) in [7, 11) is 2.06. The molecule has 0 fully saturated rings. The molecule has 3 heteroatoms. The SMILES string of the molecule is CC1CN(C)c2ccc(N)cc2O1. The summed E-state index contributed by atoms with van der Waals surface area (Å²) in [5, 5.41) is 0. The Morgan fingerprint density at radius 1 is 1.54 bits per heavy atom. The first-order valence-electron chi connectivity index (χ1n) is 4.44. The number of nitrogens with zero attached hydrogens (tertiary/aromatic N) is 1. The predicted molar refractivity (Wildman–Crippen MR) is 54.2 cm³/mol. The number of fused-ring (bicyclic) bond motifs is 1. The summed E-state index contributed by atoms with van der Waals surface area (Å²) < 4.78 is 5.66. The second kappa shape index (κ2) is 2.83. The van der Waals surface area contributed by atoms with E-state index >= 15 is 0 Å². The molecule has 0 aromatic heterocycles. The van der Waals surface area contributed by atoms with Crippen molar-refractivity contribution in [1.82, 2.24) is 0 Å². The van der Waals surface area contributed by atoms with E-state index in [1.54, 1.807) is 0 Å². The first-order valence-corrected chi connectivity index (χ1v) is 4.44. The van der Waals surface area contributed by atoms with Gasteiger partial charge in [-0.25, -0.2) is 0 Å². The molecule has 0 saturated carbocycles. The lowest BCUT2D eigenvalue weighted by molar-refractivity contribution is 0.215. The molecule has 70 valence electrons. The van der Waals surface area contributed by atoms with Crippen LogP contribution in [0.25, 0.3) is 0 Å². The summed E-state index contributed by atoms with van der Waals surface area (Å²) in [6.07, 6.45) is 0.235. The third-order valence-electron chi connectivity index (χ3n) is 2.25. The number of ether oxygens (including phenoxy) is 1. The molecule has 1 aromatic rings. The molecule has 1 aliphatic heterocycles. The van der Waals surface area contributed by atoms with Crippen LogP contribution in [0.5, 0.6) is 5.75 Å². The molecule has 0 bridgehead atoms. The number of anilines is 2. The molecule has 1 unspecified atom stereocenters. The van der Waals surface area contributed by atoms with Crippen LogP contribution in [0.3, 0.4) is 0 Å². The van der Waals surface area contributed by atoms with Gasteiger partial charge in [-0.3, -0.25) is 0 Å². The Kier molecular flexibility index (Phi) is 1.79. The fraction of sp³-hybridized carbons (Fsp3) is 0.400. The molecular formula is C10H14N2O. The van der Waals surface area contributed by atoms with Crippen LogP contribution in [-0.4, -0.2) is 19.7 Å². The van der Waals surface area contributed by atoms with Gasteiger partial charge in [0.25, 0.3) is 0 Å². The summed E-state index contributed by atoms with van der Waals surface area (Å²) in [5.74, 6) is 0.890. The fourth-order valence-electron chi connectivity index (χ4n) is 1.68. The van der Waals surface area contributed by atoms with E-state index in [1.165, 1.54) is 0 Å². The van der Waals surface area contributed by atoms with Gasteiger partial charge >= 0.3 is 0 Å². The van der Waals surface area contributed by atoms with Gasteiger partial charge in [0.05, 0.1) is 12.2 Å². The molecule has 3 nitrogen and oxygen atoms in total. The van der Waals surface area contributed by atoms with Crippen molar-refractivity contribution >= 4 is 11.4 Å². The van der Waals surface area contributed by atoms with Crippen LogP contribution in [0.2, 0.25) is 0 Å². The molecule has 0 spiro atoms. The highest BCUT2D eigenvalue weighted by Gasteiger charge is 2.19. The maximum atomic E-state index is 5.67. The monoisotopic (exact) mass is 178 g/mol. The van der Waals surface area contributed by atoms with Gasteiger partial charge in [0.2, 0.25) is 0 Å². The highest BCUT2D eigenvalue weighted by Crippen LogP contribution is 2.33. The Labute approximate surface area is 78.1 Å². The van der Waals surface area contributed by atoms with E-state index in [4.69, 9.17) is 10.5 Å². The Morgan fingerprint density at radius 3 is 3.08 bits per heavy atom. The molecule has 1 atom stereocenters. The molecule has 2 N–H and O–H groups in total. The first kappa shape index (κ1) is 8.23. The molecule has 2 rings (SSSR count). The third-order valence-corrected chi connectivity index (χ3v) is 2.25. The Balaban J connectivity index is 2.43. The molecule has 0 radical (unpaired) electrons. The van der Waals surface area contributed by atoms with E-state index in [2.05, 4.69) is 18.9 Å². The predicted octanol–water partition coefficient (Wildman–Crippen LogP) is 1.49. The van der Waals surface area contributed by atoms with Gasteiger partial charge in [-0.1, -0.05) is 0 Å². The van der Waals surface area contributed by atoms with Crippen molar-refractivity contribution < 1.29 is 4.74 Å². The van der Waals surface area contributed by atoms with E-state index in [0.29, 0.717) is 0 Å². The zero-order valence-corrected chi connectivity index (χ0v) is 7.95. The summed E-state index contributed by atoms with van der Waals surface area (Å²) in [6.45, 7) is 2.99. The minimum absolute atomic E-state index is 0.235. The Morgan fingerprint density at radius 2 is 2.31 bits per heavy atom. The number of rotatable bonds is 0. The number of benzene rings is 1. The fourth-order valence-corrected chi connectivity index (χ4v) is 1.68. The van der Waals surface area contributed by atoms with Crippen LogP contribution >= 0.6 is 0 Å². The number of nitrogen functional groups attached to an aromatic ring is 1. The Bertz CT molecular complexity index is 325. The summed E-state index contributed by atoms with van der Waals surface area (Å²) in [6, 6.07) is 5.77. The molecule has 13 heavy (non-hydrogen) atoms. The minimum Gasteiger partial charge on any atom is -0.487 e. The van der Waals surface area contributed by atoms with Gasteiger partial charge in [-0.2, -0.15) is 0 Å². The lowest BCUT2D eigenvalue weighted by Crippen LogP contribution is -2.35. The van der Waals surface area contributed by atoms with Gasteiger partial charge in [0, 0.05) is 18.8 Å². The van der Waals surface area contributed by atoms with Crippen molar-refractivity contribution in [3.8, 4) is 5.75 Å². The van der Waals surface area contributed by atoms with E-state index in [1.807, 2.05) is 18.2 Å². The van der Waals surface area contributed by atoms with Crippen LogP contribution in [0.4, 0.5) is 11.4 Å².